The van der Waals surface area contributed by atoms with E-state index in [-0.39, 0.29) is 11.4 Å². The van der Waals surface area contributed by atoms with Crippen molar-refractivity contribution in [3.05, 3.63) is 23.8 Å². The summed E-state index contributed by atoms with van der Waals surface area (Å²) in [5.74, 6) is 1.39. The molecule has 0 radical (unpaired) electrons. The zero-order valence-electron chi connectivity index (χ0n) is 10.9. The van der Waals surface area contributed by atoms with E-state index in [1.165, 1.54) is 0 Å². The van der Waals surface area contributed by atoms with Gasteiger partial charge in [-0.2, -0.15) is 0 Å². The smallest absolute Gasteiger partial charge is 0.261 e. The van der Waals surface area contributed by atoms with Gasteiger partial charge in [0.1, 0.15) is 18.1 Å². The second-order valence-electron chi connectivity index (χ2n) is 3.83. The Morgan fingerprint density at radius 1 is 1.21 bits per heavy atom. The third-order valence-corrected chi connectivity index (χ3v) is 3.49. The van der Waals surface area contributed by atoms with E-state index >= 15 is 0 Å². The molecule has 0 saturated heterocycles. The van der Waals surface area contributed by atoms with E-state index in [1.807, 2.05) is 12.1 Å². The normalized spacial score (nSPS) is 12.5. The Morgan fingerprint density at radius 2 is 1.95 bits per heavy atom. The van der Waals surface area contributed by atoms with Crippen LogP contribution in [0.1, 0.15) is 16.8 Å². The van der Waals surface area contributed by atoms with E-state index in [0.717, 1.165) is 5.56 Å². The molecule has 0 saturated carbocycles. The molecule has 0 aliphatic rings. The van der Waals surface area contributed by atoms with Crippen molar-refractivity contribution in [3.63, 3.8) is 0 Å². The van der Waals surface area contributed by atoms with Gasteiger partial charge in [-0.1, -0.05) is 22.0 Å². The lowest BCUT2D eigenvalue weighted by atomic mass is 10.1. The van der Waals surface area contributed by atoms with Crippen LogP contribution in [0.3, 0.4) is 0 Å². The van der Waals surface area contributed by atoms with E-state index < -0.39 is 13.0 Å². The van der Waals surface area contributed by atoms with Gasteiger partial charge in [-0.05, 0) is 12.5 Å². The van der Waals surface area contributed by atoms with Gasteiger partial charge in [0.25, 0.3) is 6.43 Å². The van der Waals surface area contributed by atoms with Gasteiger partial charge in [-0.15, -0.1) is 0 Å². The van der Waals surface area contributed by atoms with Crippen molar-refractivity contribution in [2.75, 3.05) is 27.4 Å². The fourth-order valence-electron chi connectivity index (χ4n) is 1.59. The molecule has 0 spiro atoms. The SMILES string of the molecule is COc1ccc(C(Br)CCOCC(F)F)c(OC)c1. The first kappa shape index (κ1) is 16.2. The zero-order chi connectivity index (χ0) is 14.3. The summed E-state index contributed by atoms with van der Waals surface area (Å²) in [6.07, 6.45) is -1.85. The number of benzene rings is 1. The summed E-state index contributed by atoms with van der Waals surface area (Å²) in [5, 5.41) is 0. The first-order valence-corrected chi connectivity index (χ1v) is 6.72. The number of ether oxygens (including phenoxy) is 3. The van der Waals surface area contributed by atoms with Crippen molar-refractivity contribution < 1.29 is 23.0 Å². The summed E-state index contributed by atoms with van der Waals surface area (Å²) in [7, 11) is 3.16. The minimum absolute atomic E-state index is 0.0222. The molecule has 1 unspecified atom stereocenters. The molecule has 0 N–H and O–H groups in total. The Morgan fingerprint density at radius 3 is 2.53 bits per heavy atom. The molecule has 3 nitrogen and oxygen atoms in total. The van der Waals surface area contributed by atoms with Crippen molar-refractivity contribution >= 4 is 15.9 Å². The molecule has 0 aliphatic heterocycles. The summed E-state index contributed by atoms with van der Waals surface area (Å²) >= 11 is 3.50. The van der Waals surface area contributed by atoms with Crippen LogP contribution in [0.25, 0.3) is 0 Å². The molecule has 1 aromatic carbocycles. The Kier molecular flexibility index (Phi) is 7.09. The fourth-order valence-corrected chi connectivity index (χ4v) is 2.16. The molecule has 0 aliphatic carbocycles. The number of hydrogen-bond acceptors (Lipinski definition) is 3. The second-order valence-corrected chi connectivity index (χ2v) is 4.94. The number of rotatable bonds is 8. The second kappa shape index (κ2) is 8.32. The third-order valence-electron chi connectivity index (χ3n) is 2.54. The van der Waals surface area contributed by atoms with E-state index in [9.17, 15) is 8.78 Å². The van der Waals surface area contributed by atoms with E-state index in [2.05, 4.69) is 15.9 Å². The Labute approximate surface area is 120 Å². The van der Waals surface area contributed by atoms with Crippen LogP contribution in [0.5, 0.6) is 11.5 Å². The molecule has 1 atom stereocenters. The maximum Gasteiger partial charge on any atom is 0.261 e. The van der Waals surface area contributed by atoms with Gasteiger partial charge in [0.2, 0.25) is 0 Å². The van der Waals surface area contributed by atoms with Gasteiger partial charge in [0.15, 0.2) is 0 Å². The molecule has 1 rings (SSSR count). The lowest BCUT2D eigenvalue weighted by Crippen LogP contribution is -2.07. The molecule has 6 heteroatoms. The van der Waals surface area contributed by atoms with Gasteiger partial charge < -0.3 is 14.2 Å². The number of alkyl halides is 3. The molecule has 0 aromatic heterocycles. The lowest BCUT2D eigenvalue weighted by Gasteiger charge is -2.15. The highest BCUT2D eigenvalue weighted by molar-refractivity contribution is 9.09. The first-order chi connectivity index (χ1) is 9.08. The minimum atomic E-state index is -2.43. The van der Waals surface area contributed by atoms with Gasteiger partial charge >= 0.3 is 0 Å². The first-order valence-electron chi connectivity index (χ1n) is 5.80. The monoisotopic (exact) mass is 338 g/mol. The predicted octanol–water partition coefficient (Wildman–Crippen LogP) is 3.81. The fraction of sp³-hybridized carbons (Fsp3) is 0.538. The summed E-state index contributed by atoms with van der Waals surface area (Å²) in [6.45, 7) is -0.269. The van der Waals surface area contributed by atoms with Gasteiger partial charge in [-0.3, -0.25) is 0 Å². The zero-order valence-corrected chi connectivity index (χ0v) is 12.5. The standard InChI is InChI=1S/C13H17BrF2O3/c1-17-9-3-4-10(12(7-9)18-2)11(14)5-6-19-8-13(15)16/h3-4,7,11,13H,5-6,8H2,1-2H3. The molecular formula is C13H17BrF2O3. The maximum absolute atomic E-state index is 11.9. The summed E-state index contributed by atoms with van der Waals surface area (Å²) in [5.41, 5.74) is 0.934. The van der Waals surface area contributed by atoms with Crippen molar-refractivity contribution in [1.29, 1.82) is 0 Å². The third kappa shape index (κ3) is 5.32. The molecule has 0 fully saturated rings. The summed E-state index contributed by atoms with van der Waals surface area (Å²) in [4.78, 5) is -0.0222. The van der Waals surface area contributed by atoms with Crippen molar-refractivity contribution in [3.8, 4) is 11.5 Å². The molecule has 108 valence electrons. The highest BCUT2D eigenvalue weighted by atomic mass is 79.9. The van der Waals surface area contributed by atoms with E-state index in [1.54, 1.807) is 20.3 Å². The molecule has 0 bridgehead atoms. The molecular weight excluding hydrogens is 322 g/mol. The van der Waals surface area contributed by atoms with Crippen LogP contribution in [0.4, 0.5) is 8.78 Å². The summed E-state index contributed by atoms with van der Waals surface area (Å²) < 4.78 is 39.1. The van der Waals surface area contributed by atoms with Crippen LogP contribution in [0.15, 0.2) is 18.2 Å². The highest BCUT2D eigenvalue weighted by Gasteiger charge is 2.14. The van der Waals surface area contributed by atoms with Gasteiger partial charge in [0.05, 0.1) is 14.2 Å². The van der Waals surface area contributed by atoms with Crippen LogP contribution in [0.2, 0.25) is 0 Å². The van der Waals surface area contributed by atoms with Crippen molar-refractivity contribution in [2.24, 2.45) is 0 Å². The average Bonchev–Trinajstić information content (AvgIpc) is 2.42. The van der Waals surface area contributed by atoms with Crippen LogP contribution in [-0.2, 0) is 4.74 Å². The minimum Gasteiger partial charge on any atom is -0.497 e. The largest absolute Gasteiger partial charge is 0.497 e. The van der Waals surface area contributed by atoms with Crippen molar-refractivity contribution in [1.82, 2.24) is 0 Å². The molecule has 1 aromatic rings. The Bertz CT molecular complexity index is 388. The van der Waals surface area contributed by atoms with Crippen LogP contribution in [0, 0.1) is 0 Å². The highest BCUT2D eigenvalue weighted by Crippen LogP contribution is 2.35. The number of methoxy groups -OCH3 is 2. The van der Waals surface area contributed by atoms with Crippen LogP contribution < -0.4 is 9.47 Å². The van der Waals surface area contributed by atoms with Gasteiger partial charge in [0, 0.05) is 23.1 Å². The Hall–Kier alpha value is -0.880. The summed E-state index contributed by atoms with van der Waals surface area (Å²) in [6, 6.07) is 5.49. The topological polar surface area (TPSA) is 27.7 Å². The molecule has 0 amide bonds. The molecule has 0 heterocycles. The van der Waals surface area contributed by atoms with Crippen LogP contribution >= 0.6 is 15.9 Å². The maximum atomic E-state index is 11.9. The number of hydrogen-bond donors (Lipinski definition) is 0. The number of halogens is 3. The van der Waals surface area contributed by atoms with Crippen LogP contribution in [-0.4, -0.2) is 33.9 Å². The quantitative estimate of drug-likeness (QED) is 0.532. The average molecular weight is 339 g/mol. The van der Waals surface area contributed by atoms with E-state index in [4.69, 9.17) is 14.2 Å². The molecule has 19 heavy (non-hydrogen) atoms. The predicted molar refractivity (Wildman–Crippen MR) is 72.7 cm³/mol. The Balaban J connectivity index is 2.58. The van der Waals surface area contributed by atoms with Gasteiger partial charge in [-0.25, -0.2) is 8.78 Å². The lowest BCUT2D eigenvalue weighted by molar-refractivity contribution is 0.0167. The van der Waals surface area contributed by atoms with Crippen molar-refractivity contribution in [2.45, 2.75) is 17.7 Å². The van der Waals surface area contributed by atoms with E-state index in [0.29, 0.717) is 17.9 Å².